The Labute approximate surface area is 299 Å². The average Bonchev–Trinajstić information content (AvgIpc) is 3.18. The Balaban J connectivity index is 1.11. The summed E-state index contributed by atoms with van der Waals surface area (Å²) in [5.41, 5.74) is 8.77. The zero-order valence-corrected chi connectivity index (χ0v) is 28.6. The van der Waals surface area contributed by atoms with Gasteiger partial charge in [-0.3, -0.25) is 4.79 Å². The summed E-state index contributed by atoms with van der Waals surface area (Å²) in [6.45, 7) is 4.62. The lowest BCUT2D eigenvalue weighted by Crippen LogP contribution is -2.12. The lowest BCUT2D eigenvalue weighted by atomic mass is 10.0. The van der Waals surface area contributed by atoms with E-state index < -0.39 is 0 Å². The number of anilines is 6. The molecule has 0 saturated heterocycles. The molecular formula is C46H38N2O3. The van der Waals surface area contributed by atoms with Crippen LogP contribution in [0.15, 0.2) is 182 Å². The number of para-hydroxylation sites is 2. The van der Waals surface area contributed by atoms with Gasteiger partial charge in [0.1, 0.15) is 17.2 Å². The maximum absolute atomic E-state index is 13.0. The molecule has 7 aromatic rings. The summed E-state index contributed by atoms with van der Waals surface area (Å²) in [7, 11) is 0. The molecule has 0 bridgehead atoms. The fraction of sp³-hybridized carbons (Fsp3) is 0.0652. The number of ketones is 1. The van der Waals surface area contributed by atoms with Crippen molar-refractivity contribution >= 4 is 39.9 Å². The molecule has 0 aliphatic carbocycles. The molecule has 0 spiro atoms. The Morgan fingerprint density at radius 2 is 0.765 bits per heavy atom. The van der Waals surface area contributed by atoms with E-state index >= 15 is 0 Å². The molecule has 250 valence electrons. The molecule has 0 N–H and O–H groups in total. The minimum absolute atomic E-state index is 0.0501. The van der Waals surface area contributed by atoms with Gasteiger partial charge in [-0.1, -0.05) is 54.1 Å². The van der Waals surface area contributed by atoms with E-state index in [9.17, 15) is 4.79 Å². The van der Waals surface area contributed by atoms with Crippen LogP contribution in [0.1, 0.15) is 28.4 Å². The predicted octanol–water partition coefficient (Wildman–Crippen LogP) is 12.4. The summed E-state index contributed by atoms with van der Waals surface area (Å²) >= 11 is 0. The number of carbonyl (C=O) groups excluding carboxylic acids is 1. The molecule has 0 aliphatic heterocycles. The highest BCUT2D eigenvalue weighted by Gasteiger charge is 2.16. The minimum Gasteiger partial charge on any atom is -0.494 e. The third-order valence-corrected chi connectivity index (χ3v) is 8.56. The summed E-state index contributed by atoms with van der Waals surface area (Å²) in [6.07, 6.45) is 0. The monoisotopic (exact) mass is 666 g/mol. The van der Waals surface area contributed by atoms with E-state index in [2.05, 4.69) is 114 Å². The smallest absolute Gasteiger partial charge is 0.193 e. The van der Waals surface area contributed by atoms with Gasteiger partial charge in [0.05, 0.1) is 6.61 Å². The largest absolute Gasteiger partial charge is 0.494 e. The summed E-state index contributed by atoms with van der Waals surface area (Å²) in [4.78, 5) is 17.5. The SMILES string of the molecule is CCOc1ccc(C(=O)c2ccc(Oc3ccc(N(c4ccccc4)c4ccc(N(c5ccccc5)c5ccc(C)cc5)cc4)cc3)cc2)cc1. The van der Waals surface area contributed by atoms with Crippen molar-refractivity contribution in [3.05, 3.63) is 199 Å². The van der Waals surface area contributed by atoms with Crippen molar-refractivity contribution in [2.24, 2.45) is 0 Å². The first kappa shape index (κ1) is 32.9. The molecular weight excluding hydrogens is 629 g/mol. The molecule has 0 fully saturated rings. The van der Waals surface area contributed by atoms with E-state index in [0.717, 1.165) is 39.9 Å². The van der Waals surface area contributed by atoms with E-state index in [4.69, 9.17) is 9.47 Å². The maximum Gasteiger partial charge on any atom is 0.193 e. The van der Waals surface area contributed by atoms with Gasteiger partial charge >= 0.3 is 0 Å². The van der Waals surface area contributed by atoms with Crippen molar-refractivity contribution in [2.45, 2.75) is 13.8 Å². The number of ether oxygens (including phenoxy) is 2. The van der Waals surface area contributed by atoms with Crippen LogP contribution in [-0.2, 0) is 0 Å². The summed E-state index contributed by atoms with van der Waals surface area (Å²) < 4.78 is 11.7. The molecule has 5 heteroatoms. The van der Waals surface area contributed by atoms with Crippen LogP contribution in [0.5, 0.6) is 17.2 Å². The van der Waals surface area contributed by atoms with Gasteiger partial charge in [0, 0.05) is 45.3 Å². The summed E-state index contributed by atoms with van der Waals surface area (Å²) in [5, 5.41) is 0. The number of carbonyl (C=O) groups is 1. The highest BCUT2D eigenvalue weighted by Crippen LogP contribution is 2.39. The normalized spacial score (nSPS) is 10.7. The van der Waals surface area contributed by atoms with E-state index in [1.54, 1.807) is 24.3 Å². The van der Waals surface area contributed by atoms with Gasteiger partial charge in [-0.15, -0.1) is 0 Å². The molecule has 0 unspecified atom stereocenters. The van der Waals surface area contributed by atoms with Crippen LogP contribution < -0.4 is 19.3 Å². The molecule has 0 aromatic heterocycles. The zero-order valence-electron chi connectivity index (χ0n) is 28.6. The van der Waals surface area contributed by atoms with Crippen molar-refractivity contribution in [3.63, 3.8) is 0 Å². The maximum atomic E-state index is 13.0. The Hall–Kier alpha value is -6.59. The Morgan fingerprint density at radius 1 is 0.431 bits per heavy atom. The van der Waals surface area contributed by atoms with E-state index in [1.807, 2.05) is 67.6 Å². The number of rotatable bonds is 12. The van der Waals surface area contributed by atoms with Crippen LogP contribution in [0, 0.1) is 6.92 Å². The topological polar surface area (TPSA) is 42.0 Å². The Morgan fingerprint density at radius 3 is 1.18 bits per heavy atom. The van der Waals surface area contributed by atoms with Crippen LogP contribution in [0.2, 0.25) is 0 Å². The molecule has 0 aliphatic rings. The lowest BCUT2D eigenvalue weighted by molar-refractivity contribution is 0.103. The molecule has 0 saturated carbocycles. The average molecular weight is 667 g/mol. The summed E-state index contributed by atoms with van der Waals surface area (Å²) in [6, 6.07) is 60.5. The number of aryl methyl sites for hydroxylation is 1. The van der Waals surface area contributed by atoms with Crippen LogP contribution in [0.3, 0.4) is 0 Å². The first-order valence-electron chi connectivity index (χ1n) is 17.1. The first-order chi connectivity index (χ1) is 25.1. The van der Waals surface area contributed by atoms with Gasteiger partial charge in [0.2, 0.25) is 0 Å². The van der Waals surface area contributed by atoms with Gasteiger partial charge in [-0.05, 0) is 147 Å². The van der Waals surface area contributed by atoms with Crippen LogP contribution >= 0.6 is 0 Å². The third kappa shape index (κ3) is 7.69. The fourth-order valence-electron chi connectivity index (χ4n) is 6.00. The second kappa shape index (κ2) is 15.3. The quantitative estimate of drug-likeness (QED) is 0.121. The van der Waals surface area contributed by atoms with Crippen LogP contribution in [0.4, 0.5) is 34.1 Å². The van der Waals surface area contributed by atoms with Crippen molar-refractivity contribution < 1.29 is 14.3 Å². The molecule has 51 heavy (non-hydrogen) atoms. The molecule has 7 rings (SSSR count). The second-order valence-electron chi connectivity index (χ2n) is 12.1. The van der Waals surface area contributed by atoms with E-state index in [-0.39, 0.29) is 5.78 Å². The number of nitrogens with zero attached hydrogens (tertiary/aromatic N) is 2. The predicted molar refractivity (Wildman–Crippen MR) is 208 cm³/mol. The Kier molecular flexibility index (Phi) is 9.89. The van der Waals surface area contributed by atoms with Crippen LogP contribution in [0.25, 0.3) is 0 Å². The molecule has 0 radical (unpaired) electrons. The van der Waals surface area contributed by atoms with Gasteiger partial charge < -0.3 is 19.3 Å². The zero-order chi connectivity index (χ0) is 35.0. The standard InChI is InChI=1S/C46H38N2O3/c1-3-50-43-28-16-35(17-29-43)46(49)36-18-30-44(31-19-36)51-45-32-26-42(27-33-45)48(38-12-8-5-9-13-38)41-24-22-40(23-25-41)47(37-10-6-4-7-11-37)39-20-14-34(2)15-21-39/h4-33H,3H2,1-2H3. The van der Waals surface area contributed by atoms with E-state index in [1.165, 1.54) is 5.56 Å². The highest BCUT2D eigenvalue weighted by molar-refractivity contribution is 6.09. The molecule has 0 amide bonds. The van der Waals surface area contributed by atoms with Gasteiger partial charge in [0.25, 0.3) is 0 Å². The van der Waals surface area contributed by atoms with Gasteiger partial charge in [0.15, 0.2) is 5.78 Å². The van der Waals surface area contributed by atoms with Gasteiger partial charge in [-0.25, -0.2) is 0 Å². The Bertz CT molecular complexity index is 2170. The second-order valence-corrected chi connectivity index (χ2v) is 12.1. The minimum atomic E-state index is -0.0501. The number of hydrogen-bond donors (Lipinski definition) is 0. The third-order valence-electron chi connectivity index (χ3n) is 8.56. The highest BCUT2D eigenvalue weighted by atomic mass is 16.5. The van der Waals surface area contributed by atoms with E-state index in [0.29, 0.717) is 29.2 Å². The number of benzene rings is 7. The molecule has 7 aromatic carbocycles. The van der Waals surface area contributed by atoms with Crippen molar-refractivity contribution in [3.8, 4) is 17.2 Å². The van der Waals surface area contributed by atoms with Crippen molar-refractivity contribution in [2.75, 3.05) is 16.4 Å². The first-order valence-corrected chi connectivity index (χ1v) is 17.1. The number of hydrogen-bond acceptors (Lipinski definition) is 5. The molecule has 0 atom stereocenters. The fourth-order valence-corrected chi connectivity index (χ4v) is 6.00. The van der Waals surface area contributed by atoms with Crippen LogP contribution in [-0.4, -0.2) is 12.4 Å². The molecule has 0 heterocycles. The van der Waals surface area contributed by atoms with Crippen molar-refractivity contribution in [1.82, 2.24) is 0 Å². The summed E-state index contributed by atoms with van der Waals surface area (Å²) in [5.74, 6) is 2.05. The van der Waals surface area contributed by atoms with Gasteiger partial charge in [-0.2, -0.15) is 0 Å². The van der Waals surface area contributed by atoms with Crippen molar-refractivity contribution in [1.29, 1.82) is 0 Å². The molecule has 5 nitrogen and oxygen atoms in total. The lowest BCUT2D eigenvalue weighted by Gasteiger charge is -2.28.